The Morgan fingerprint density at radius 1 is 1.15 bits per heavy atom. The molecule has 0 unspecified atom stereocenters. The van der Waals surface area contributed by atoms with Gasteiger partial charge in [-0.05, 0) is 37.1 Å². The monoisotopic (exact) mass is 277 g/mol. The summed E-state index contributed by atoms with van der Waals surface area (Å²) in [6.45, 7) is 9.97. The van der Waals surface area contributed by atoms with E-state index in [-0.39, 0.29) is 0 Å². The Kier molecular flexibility index (Phi) is 9.62. The van der Waals surface area contributed by atoms with Crippen LogP contribution in [0.3, 0.4) is 0 Å². The van der Waals surface area contributed by atoms with Gasteiger partial charge in [-0.2, -0.15) is 0 Å². The topological polar surface area (TPSA) is 30.5 Å². The number of unbranched alkanes of at least 4 members (excludes halogenated alkanes) is 1. The maximum absolute atomic E-state index is 5.51. The lowest BCUT2D eigenvalue weighted by atomic mass is 10.2. The molecule has 3 heteroatoms. The van der Waals surface area contributed by atoms with E-state index in [2.05, 4.69) is 31.0 Å². The Bertz CT molecular complexity index is 349. The third kappa shape index (κ3) is 7.97. The van der Waals surface area contributed by atoms with Crippen LogP contribution in [0.4, 0.5) is 0 Å². The van der Waals surface area contributed by atoms with Gasteiger partial charge in [-0.3, -0.25) is 0 Å². The number of hydrogen-bond donors (Lipinski definition) is 1. The first-order chi connectivity index (χ1) is 9.86. The summed E-state index contributed by atoms with van der Waals surface area (Å²) >= 11 is 0. The van der Waals surface area contributed by atoms with Crippen molar-refractivity contribution in [1.82, 2.24) is 5.32 Å². The minimum atomic E-state index is 0.551. The summed E-state index contributed by atoms with van der Waals surface area (Å²) in [5.74, 6) is 0.887. The lowest BCUT2D eigenvalue weighted by Gasteiger charge is -2.07. The van der Waals surface area contributed by atoms with Gasteiger partial charge in [0.05, 0.1) is 0 Å². The number of ether oxygens (including phenoxy) is 2. The summed E-state index contributed by atoms with van der Waals surface area (Å²) < 4.78 is 11.0. The van der Waals surface area contributed by atoms with Gasteiger partial charge in [0.15, 0.2) is 0 Å². The van der Waals surface area contributed by atoms with Gasteiger partial charge in [0.2, 0.25) is 0 Å². The molecular formula is C17H27NO2. The molecule has 3 nitrogen and oxygen atoms in total. The fourth-order valence-electron chi connectivity index (χ4n) is 1.74. The van der Waals surface area contributed by atoms with Crippen molar-refractivity contribution in [1.29, 1.82) is 0 Å². The van der Waals surface area contributed by atoms with Gasteiger partial charge in [0, 0.05) is 19.8 Å². The second kappa shape index (κ2) is 11.5. The molecule has 0 aliphatic carbocycles. The zero-order valence-electron chi connectivity index (χ0n) is 12.6. The molecule has 20 heavy (non-hydrogen) atoms. The maximum Gasteiger partial charge on any atom is 0.119 e. The van der Waals surface area contributed by atoms with Gasteiger partial charge in [0.1, 0.15) is 12.4 Å². The molecule has 1 aromatic rings. The Morgan fingerprint density at radius 2 is 1.90 bits per heavy atom. The van der Waals surface area contributed by atoms with E-state index in [1.54, 1.807) is 6.08 Å². The third-order valence-electron chi connectivity index (χ3n) is 2.90. The molecule has 0 amide bonds. The molecule has 0 aliphatic rings. The van der Waals surface area contributed by atoms with Crippen molar-refractivity contribution in [2.24, 2.45) is 0 Å². The van der Waals surface area contributed by atoms with Crippen LogP contribution in [-0.2, 0) is 11.3 Å². The molecule has 0 aliphatic heterocycles. The average molecular weight is 277 g/mol. The number of nitrogens with one attached hydrogen (secondary N) is 1. The molecule has 1 aromatic carbocycles. The summed E-state index contributed by atoms with van der Waals surface area (Å²) in [7, 11) is 0. The summed E-state index contributed by atoms with van der Waals surface area (Å²) in [6.07, 6.45) is 5.17. The van der Waals surface area contributed by atoms with Gasteiger partial charge >= 0.3 is 0 Å². The highest BCUT2D eigenvalue weighted by Crippen LogP contribution is 2.11. The molecule has 0 bridgehead atoms. The first-order valence-electron chi connectivity index (χ1n) is 7.48. The molecule has 0 spiro atoms. The van der Waals surface area contributed by atoms with Crippen LogP contribution in [-0.4, -0.2) is 26.4 Å². The summed E-state index contributed by atoms with van der Waals surface area (Å²) in [6, 6.07) is 8.16. The molecule has 0 atom stereocenters. The summed E-state index contributed by atoms with van der Waals surface area (Å²) in [5, 5.41) is 3.42. The predicted octanol–water partition coefficient (Wildman–Crippen LogP) is 3.55. The molecule has 0 fully saturated rings. The number of hydrogen-bond acceptors (Lipinski definition) is 3. The van der Waals surface area contributed by atoms with E-state index in [4.69, 9.17) is 9.47 Å². The highest BCUT2D eigenvalue weighted by atomic mass is 16.5. The Morgan fingerprint density at radius 3 is 2.60 bits per heavy atom. The molecule has 112 valence electrons. The van der Waals surface area contributed by atoms with E-state index in [1.165, 1.54) is 12.0 Å². The highest BCUT2D eigenvalue weighted by molar-refractivity contribution is 5.27. The van der Waals surface area contributed by atoms with Crippen LogP contribution >= 0.6 is 0 Å². The second-order valence-electron chi connectivity index (χ2n) is 4.74. The molecule has 0 radical (unpaired) electrons. The quantitative estimate of drug-likeness (QED) is 0.468. The minimum absolute atomic E-state index is 0.551. The van der Waals surface area contributed by atoms with Gasteiger partial charge < -0.3 is 14.8 Å². The van der Waals surface area contributed by atoms with Crippen molar-refractivity contribution < 1.29 is 9.47 Å². The van der Waals surface area contributed by atoms with Gasteiger partial charge in [-0.1, -0.05) is 38.1 Å². The van der Waals surface area contributed by atoms with Crippen molar-refractivity contribution in [3.05, 3.63) is 42.5 Å². The Balaban J connectivity index is 2.05. The Labute approximate surface area is 123 Å². The lowest BCUT2D eigenvalue weighted by molar-refractivity contribution is 0.129. The van der Waals surface area contributed by atoms with Crippen LogP contribution in [0.1, 0.15) is 31.7 Å². The first kappa shape index (κ1) is 16.7. The fraction of sp³-hybridized carbons (Fsp3) is 0.529. The summed E-state index contributed by atoms with van der Waals surface area (Å²) in [5.41, 5.74) is 1.27. The van der Waals surface area contributed by atoms with Crippen LogP contribution in [0.2, 0.25) is 0 Å². The third-order valence-corrected chi connectivity index (χ3v) is 2.90. The van der Waals surface area contributed by atoms with Crippen LogP contribution in [0, 0.1) is 0 Å². The van der Waals surface area contributed by atoms with E-state index in [1.807, 2.05) is 12.1 Å². The highest BCUT2D eigenvalue weighted by Gasteiger charge is 1.95. The average Bonchev–Trinajstić information content (AvgIpc) is 2.49. The van der Waals surface area contributed by atoms with E-state index in [0.717, 1.165) is 44.9 Å². The molecule has 1 N–H and O–H groups in total. The standard InChI is InChI=1S/C17H27NO2/c1-3-5-13-19-14-6-11-18-15-16-7-9-17(10-8-16)20-12-4-2/h4,7-10,18H,2-3,5-6,11-15H2,1H3. The molecule has 0 aromatic heterocycles. The smallest absolute Gasteiger partial charge is 0.119 e. The van der Waals surface area contributed by atoms with Crippen molar-refractivity contribution in [2.45, 2.75) is 32.7 Å². The molecule has 0 heterocycles. The minimum Gasteiger partial charge on any atom is -0.490 e. The van der Waals surface area contributed by atoms with Crippen molar-refractivity contribution in [2.75, 3.05) is 26.4 Å². The van der Waals surface area contributed by atoms with E-state index < -0.39 is 0 Å². The van der Waals surface area contributed by atoms with Crippen molar-refractivity contribution in [3.63, 3.8) is 0 Å². The van der Waals surface area contributed by atoms with Gasteiger partial charge in [-0.15, -0.1) is 0 Å². The lowest BCUT2D eigenvalue weighted by Crippen LogP contribution is -2.16. The van der Waals surface area contributed by atoms with E-state index >= 15 is 0 Å². The predicted molar refractivity (Wildman–Crippen MR) is 84.2 cm³/mol. The molecular weight excluding hydrogens is 250 g/mol. The Hall–Kier alpha value is -1.32. The van der Waals surface area contributed by atoms with Crippen LogP contribution < -0.4 is 10.1 Å². The van der Waals surface area contributed by atoms with Crippen LogP contribution in [0.5, 0.6) is 5.75 Å². The normalized spacial score (nSPS) is 10.4. The van der Waals surface area contributed by atoms with E-state index in [0.29, 0.717) is 6.61 Å². The van der Waals surface area contributed by atoms with Crippen LogP contribution in [0.15, 0.2) is 36.9 Å². The number of benzene rings is 1. The molecule has 1 rings (SSSR count). The zero-order valence-corrected chi connectivity index (χ0v) is 12.6. The van der Waals surface area contributed by atoms with Gasteiger partial charge in [-0.25, -0.2) is 0 Å². The maximum atomic E-state index is 5.51. The second-order valence-corrected chi connectivity index (χ2v) is 4.74. The SMILES string of the molecule is C=CCOc1ccc(CNCCCOCCCC)cc1. The number of rotatable bonds is 12. The zero-order chi connectivity index (χ0) is 14.5. The van der Waals surface area contributed by atoms with Crippen molar-refractivity contribution in [3.8, 4) is 5.75 Å². The molecule has 0 saturated heterocycles. The largest absolute Gasteiger partial charge is 0.490 e. The van der Waals surface area contributed by atoms with E-state index in [9.17, 15) is 0 Å². The first-order valence-corrected chi connectivity index (χ1v) is 7.48. The van der Waals surface area contributed by atoms with Crippen molar-refractivity contribution >= 4 is 0 Å². The summed E-state index contributed by atoms with van der Waals surface area (Å²) in [4.78, 5) is 0. The fourth-order valence-corrected chi connectivity index (χ4v) is 1.74. The van der Waals surface area contributed by atoms with Gasteiger partial charge in [0.25, 0.3) is 0 Å². The van der Waals surface area contributed by atoms with Crippen LogP contribution in [0.25, 0.3) is 0 Å². The molecule has 0 saturated carbocycles.